The van der Waals surface area contributed by atoms with Crippen LogP contribution in [0.3, 0.4) is 0 Å². The van der Waals surface area contributed by atoms with Crippen LogP contribution < -0.4 is 4.72 Å². The van der Waals surface area contributed by atoms with Gasteiger partial charge >= 0.3 is 6.09 Å². The van der Waals surface area contributed by atoms with Gasteiger partial charge in [-0.25, -0.2) is 17.9 Å². The van der Waals surface area contributed by atoms with Crippen LogP contribution in [0.4, 0.5) is 4.79 Å². The fourth-order valence-electron chi connectivity index (χ4n) is 1.91. The Morgan fingerprint density at radius 2 is 1.96 bits per heavy atom. The van der Waals surface area contributed by atoms with Gasteiger partial charge in [-0.05, 0) is 44.9 Å². The molecule has 0 aliphatic heterocycles. The molecule has 0 aliphatic carbocycles. The van der Waals surface area contributed by atoms with Crippen LogP contribution >= 0.6 is 23.2 Å². The van der Waals surface area contributed by atoms with Crippen molar-refractivity contribution in [3.05, 3.63) is 33.8 Å². The number of ether oxygens (including phenoxy) is 1. The van der Waals surface area contributed by atoms with E-state index in [2.05, 4.69) is 5.92 Å². The van der Waals surface area contributed by atoms with E-state index in [0.717, 1.165) is 0 Å². The van der Waals surface area contributed by atoms with Crippen LogP contribution in [-0.4, -0.2) is 20.1 Å². The zero-order chi connectivity index (χ0) is 18.5. The van der Waals surface area contributed by atoms with Crippen molar-refractivity contribution in [3.8, 4) is 12.3 Å². The predicted molar refractivity (Wildman–Crippen MR) is 95.6 cm³/mol. The lowest BCUT2D eigenvalue weighted by molar-refractivity contribution is 0.0569. The summed E-state index contributed by atoms with van der Waals surface area (Å²) >= 11 is 11.8. The molecule has 0 aliphatic rings. The molecule has 1 aromatic carbocycles. The second-order valence-electron chi connectivity index (χ2n) is 6.05. The first-order chi connectivity index (χ1) is 11.0. The van der Waals surface area contributed by atoms with E-state index in [0.29, 0.717) is 10.6 Å². The molecular weight excluding hydrogens is 373 g/mol. The van der Waals surface area contributed by atoms with Crippen LogP contribution in [0.25, 0.3) is 0 Å². The average Bonchev–Trinajstić information content (AvgIpc) is 2.39. The Labute approximate surface area is 152 Å². The molecule has 1 atom stereocenters. The highest BCUT2D eigenvalue weighted by molar-refractivity contribution is 7.90. The molecule has 0 bridgehead atoms. The molecule has 0 spiro atoms. The minimum absolute atomic E-state index is 0.118. The third kappa shape index (κ3) is 6.23. The van der Waals surface area contributed by atoms with Gasteiger partial charge in [-0.2, -0.15) is 0 Å². The summed E-state index contributed by atoms with van der Waals surface area (Å²) in [4.78, 5) is 11.8. The lowest BCUT2D eigenvalue weighted by atomic mass is 10.1. The van der Waals surface area contributed by atoms with Gasteiger partial charge in [0.2, 0.25) is 10.0 Å². The molecule has 0 saturated carbocycles. The molecule has 132 valence electrons. The van der Waals surface area contributed by atoms with E-state index in [9.17, 15) is 13.2 Å². The lowest BCUT2D eigenvalue weighted by Crippen LogP contribution is -2.38. The summed E-state index contributed by atoms with van der Waals surface area (Å²) in [6.07, 6.45) is 4.51. The summed E-state index contributed by atoms with van der Waals surface area (Å²) in [6.45, 7) is 4.90. The second-order valence-corrected chi connectivity index (χ2v) is 8.73. The summed E-state index contributed by atoms with van der Waals surface area (Å²) < 4.78 is 32.1. The first-order valence-corrected chi connectivity index (χ1v) is 9.39. The topological polar surface area (TPSA) is 72.5 Å². The number of carbonyl (C=O) groups is 1. The standard InChI is InChI=1S/C16H19Cl2NO4S/c1-5-6-7-14(11-8-9-12(17)13(18)10-11)24(21,22)19-15(20)23-16(2,3)4/h1,8-10,14H,6-7H2,2-4H3,(H,19,20). The Hall–Kier alpha value is -1.42. The third-order valence-corrected chi connectivity index (χ3v) is 5.31. The molecule has 0 radical (unpaired) electrons. The Morgan fingerprint density at radius 1 is 1.33 bits per heavy atom. The van der Waals surface area contributed by atoms with Gasteiger partial charge in [-0.3, -0.25) is 0 Å². The summed E-state index contributed by atoms with van der Waals surface area (Å²) in [5, 5.41) is -0.545. The van der Waals surface area contributed by atoms with Gasteiger partial charge < -0.3 is 4.74 Å². The first kappa shape index (κ1) is 20.6. The number of hydrogen-bond acceptors (Lipinski definition) is 4. The molecule has 0 aromatic heterocycles. The van der Waals surface area contributed by atoms with Crippen molar-refractivity contribution in [2.24, 2.45) is 0 Å². The maximum absolute atomic E-state index is 12.6. The zero-order valence-electron chi connectivity index (χ0n) is 13.6. The number of nitrogens with one attached hydrogen (secondary N) is 1. The maximum atomic E-state index is 12.6. The van der Waals surface area contributed by atoms with E-state index in [1.807, 2.05) is 4.72 Å². The molecule has 1 aromatic rings. The smallest absolute Gasteiger partial charge is 0.421 e. The molecule has 8 heteroatoms. The van der Waals surface area contributed by atoms with E-state index < -0.39 is 27.0 Å². The molecule has 1 unspecified atom stereocenters. The fraction of sp³-hybridized carbons (Fsp3) is 0.438. The van der Waals surface area contributed by atoms with Crippen LogP contribution in [0, 0.1) is 12.3 Å². The molecule has 1 amide bonds. The Bertz CT molecular complexity index is 748. The molecule has 1 rings (SSSR count). The number of sulfonamides is 1. The van der Waals surface area contributed by atoms with Crippen molar-refractivity contribution in [3.63, 3.8) is 0 Å². The molecule has 1 N–H and O–H groups in total. The zero-order valence-corrected chi connectivity index (χ0v) is 15.9. The van der Waals surface area contributed by atoms with Crippen molar-refractivity contribution in [1.82, 2.24) is 4.72 Å². The van der Waals surface area contributed by atoms with Gasteiger partial charge in [0.1, 0.15) is 10.9 Å². The Kier molecular flexibility index (Phi) is 6.97. The Morgan fingerprint density at radius 3 is 2.46 bits per heavy atom. The van der Waals surface area contributed by atoms with Crippen molar-refractivity contribution in [2.45, 2.75) is 44.5 Å². The van der Waals surface area contributed by atoms with Gasteiger partial charge in [-0.1, -0.05) is 29.3 Å². The van der Waals surface area contributed by atoms with Crippen LogP contribution in [0.2, 0.25) is 10.0 Å². The molecule has 0 fully saturated rings. The highest BCUT2D eigenvalue weighted by Crippen LogP contribution is 2.31. The largest absolute Gasteiger partial charge is 0.443 e. The van der Waals surface area contributed by atoms with E-state index in [1.165, 1.54) is 18.2 Å². The summed E-state index contributed by atoms with van der Waals surface area (Å²) in [5.74, 6) is 2.39. The van der Waals surface area contributed by atoms with Gasteiger partial charge in [0, 0.05) is 6.42 Å². The number of carbonyl (C=O) groups excluding carboxylic acids is 1. The molecule has 24 heavy (non-hydrogen) atoms. The SMILES string of the molecule is C#CCCC(c1ccc(Cl)c(Cl)c1)S(=O)(=O)NC(=O)OC(C)(C)C. The number of hydrogen-bond donors (Lipinski definition) is 1. The number of rotatable bonds is 5. The van der Waals surface area contributed by atoms with Gasteiger partial charge in [0.05, 0.1) is 10.0 Å². The first-order valence-electron chi connectivity index (χ1n) is 7.09. The van der Waals surface area contributed by atoms with Gasteiger partial charge in [-0.15, -0.1) is 12.3 Å². The van der Waals surface area contributed by atoms with E-state index >= 15 is 0 Å². The average molecular weight is 392 g/mol. The van der Waals surface area contributed by atoms with Crippen molar-refractivity contribution >= 4 is 39.3 Å². The number of benzene rings is 1. The van der Waals surface area contributed by atoms with E-state index in [4.69, 9.17) is 34.4 Å². The fourth-order valence-corrected chi connectivity index (χ4v) is 3.57. The highest BCUT2D eigenvalue weighted by atomic mass is 35.5. The van der Waals surface area contributed by atoms with Crippen molar-refractivity contribution < 1.29 is 17.9 Å². The summed E-state index contributed by atoms with van der Waals surface area (Å²) in [5.41, 5.74) is -0.437. The monoisotopic (exact) mass is 391 g/mol. The lowest BCUT2D eigenvalue weighted by Gasteiger charge is -2.22. The van der Waals surface area contributed by atoms with Crippen LogP contribution in [0.15, 0.2) is 18.2 Å². The molecular formula is C16H19Cl2NO4S. The quantitative estimate of drug-likeness (QED) is 0.759. The summed E-state index contributed by atoms with van der Waals surface area (Å²) in [6, 6.07) is 4.47. The molecule has 0 saturated heterocycles. The normalized spacial score (nSPS) is 13.0. The van der Waals surface area contributed by atoms with Crippen LogP contribution in [-0.2, 0) is 14.8 Å². The highest BCUT2D eigenvalue weighted by Gasteiger charge is 2.30. The van der Waals surface area contributed by atoms with Crippen LogP contribution in [0.5, 0.6) is 0 Å². The third-order valence-electron chi connectivity index (χ3n) is 2.87. The second kappa shape index (κ2) is 8.11. The number of terminal acetylenes is 1. The Balaban J connectivity index is 3.12. The number of halogens is 2. The minimum Gasteiger partial charge on any atom is -0.443 e. The minimum atomic E-state index is -4.07. The molecule has 5 nitrogen and oxygen atoms in total. The van der Waals surface area contributed by atoms with Crippen molar-refractivity contribution in [1.29, 1.82) is 0 Å². The van der Waals surface area contributed by atoms with Crippen molar-refractivity contribution in [2.75, 3.05) is 0 Å². The summed E-state index contributed by atoms with van der Waals surface area (Å²) in [7, 11) is -4.07. The molecule has 0 heterocycles. The van der Waals surface area contributed by atoms with Crippen LogP contribution in [0.1, 0.15) is 44.4 Å². The number of amides is 1. The van der Waals surface area contributed by atoms with E-state index in [-0.39, 0.29) is 17.9 Å². The maximum Gasteiger partial charge on any atom is 0.421 e. The van der Waals surface area contributed by atoms with Gasteiger partial charge in [0.15, 0.2) is 0 Å². The predicted octanol–water partition coefficient (Wildman–Crippen LogP) is 4.30. The van der Waals surface area contributed by atoms with E-state index in [1.54, 1.807) is 20.8 Å². The van der Waals surface area contributed by atoms with Gasteiger partial charge in [0.25, 0.3) is 0 Å².